The number of nitrogens with zero attached hydrogens (tertiary/aromatic N) is 4. The molecule has 5 N–H and O–H groups in total. The van der Waals surface area contributed by atoms with Crippen LogP contribution >= 0.6 is 12.0 Å². The summed E-state index contributed by atoms with van der Waals surface area (Å²) in [6, 6.07) is 2.18. The van der Waals surface area contributed by atoms with Crippen LogP contribution in [0.5, 0.6) is 5.75 Å². The van der Waals surface area contributed by atoms with Crippen LogP contribution < -0.4 is 5.73 Å². The Balaban J connectivity index is 2.88. The number of rotatable bonds is 9. The van der Waals surface area contributed by atoms with Gasteiger partial charge in [-0.2, -0.15) is 28.9 Å². The van der Waals surface area contributed by atoms with Gasteiger partial charge in [-0.1, -0.05) is 5.04 Å². The second kappa shape index (κ2) is 9.88. The van der Waals surface area contributed by atoms with Crippen LogP contribution in [0.3, 0.4) is 0 Å². The summed E-state index contributed by atoms with van der Waals surface area (Å²) in [6.45, 7) is 2.03. The Hall–Kier alpha value is -2.40. The molecular formula is C14H17N5O8S2. The number of hydrogen-bond acceptors (Lipinski definition) is 13. The number of nitrogen functional groups attached to an aromatic ring is 1. The SMILES string of the molecule is CCOCN=Nc1cc(S(=O)(=O)O)c2cc(SOOO)c(N=NC)c(O)c2c1N. The Morgan fingerprint density at radius 3 is 2.59 bits per heavy atom. The van der Waals surface area contributed by atoms with Gasteiger partial charge in [-0.15, -0.1) is 4.33 Å². The van der Waals surface area contributed by atoms with Gasteiger partial charge < -0.3 is 15.6 Å². The largest absolute Gasteiger partial charge is 0.505 e. The maximum Gasteiger partial charge on any atom is 0.295 e. The highest BCUT2D eigenvalue weighted by molar-refractivity contribution is 7.94. The van der Waals surface area contributed by atoms with E-state index >= 15 is 0 Å². The fourth-order valence-corrected chi connectivity index (χ4v) is 3.54. The quantitative estimate of drug-likeness (QED) is 0.0837. The summed E-state index contributed by atoms with van der Waals surface area (Å²) in [5, 5.41) is 37.1. The van der Waals surface area contributed by atoms with E-state index in [0.717, 1.165) is 6.07 Å². The lowest BCUT2D eigenvalue weighted by Gasteiger charge is -2.14. The summed E-state index contributed by atoms with van der Waals surface area (Å²) in [5.41, 5.74) is 5.64. The molecule has 0 aliphatic heterocycles. The number of phenolic OH excluding ortho intramolecular Hbond substituents is 1. The fraction of sp³-hybridized carbons (Fsp3) is 0.286. The molecule has 15 heteroatoms. The van der Waals surface area contributed by atoms with Crippen molar-refractivity contribution in [3.8, 4) is 5.75 Å². The third-order valence-corrected chi connectivity index (χ3v) is 4.99. The first-order valence-corrected chi connectivity index (χ1v) is 9.93. The molecule has 2 rings (SSSR count). The van der Waals surface area contributed by atoms with Gasteiger partial charge in [0.25, 0.3) is 10.1 Å². The van der Waals surface area contributed by atoms with E-state index in [9.17, 15) is 18.1 Å². The van der Waals surface area contributed by atoms with Crippen LogP contribution in [-0.2, 0) is 24.2 Å². The first kappa shape index (κ1) is 22.9. The van der Waals surface area contributed by atoms with Gasteiger partial charge >= 0.3 is 0 Å². The highest BCUT2D eigenvalue weighted by Crippen LogP contribution is 2.49. The van der Waals surface area contributed by atoms with Crippen LogP contribution in [-0.4, -0.2) is 43.7 Å². The Morgan fingerprint density at radius 2 is 2.00 bits per heavy atom. The lowest BCUT2D eigenvalue weighted by molar-refractivity contribution is -0.432. The van der Waals surface area contributed by atoms with Crippen molar-refractivity contribution in [3.63, 3.8) is 0 Å². The number of anilines is 1. The van der Waals surface area contributed by atoms with Crippen molar-refractivity contribution in [3.05, 3.63) is 12.1 Å². The Morgan fingerprint density at radius 1 is 1.28 bits per heavy atom. The van der Waals surface area contributed by atoms with E-state index < -0.39 is 20.8 Å². The molecule has 0 aliphatic carbocycles. The second-order valence-corrected chi connectivity index (χ2v) is 7.30. The van der Waals surface area contributed by atoms with E-state index in [4.69, 9.17) is 15.7 Å². The Labute approximate surface area is 169 Å². The Bertz CT molecular complexity index is 1060. The number of phenols is 1. The average molecular weight is 447 g/mol. The summed E-state index contributed by atoms with van der Waals surface area (Å²) in [6.07, 6.45) is 0. The van der Waals surface area contributed by atoms with Crippen molar-refractivity contribution in [1.29, 1.82) is 0 Å². The predicted octanol–water partition coefficient (Wildman–Crippen LogP) is 3.59. The predicted molar refractivity (Wildman–Crippen MR) is 102 cm³/mol. The maximum absolute atomic E-state index is 11.9. The smallest absolute Gasteiger partial charge is 0.295 e. The van der Waals surface area contributed by atoms with E-state index in [1.165, 1.54) is 13.1 Å². The van der Waals surface area contributed by atoms with Crippen molar-refractivity contribution >= 4 is 50.0 Å². The molecule has 0 amide bonds. The third kappa shape index (κ3) is 5.15. The summed E-state index contributed by atoms with van der Waals surface area (Å²) < 4.78 is 42.8. The van der Waals surface area contributed by atoms with Gasteiger partial charge in [0.15, 0.2) is 12.5 Å². The highest BCUT2D eigenvalue weighted by atomic mass is 32.2. The minimum absolute atomic E-state index is 0.00433. The van der Waals surface area contributed by atoms with Gasteiger partial charge in [0.1, 0.15) is 16.3 Å². The second-order valence-electron chi connectivity index (χ2n) is 5.17. The molecule has 0 aromatic heterocycles. The van der Waals surface area contributed by atoms with Crippen LogP contribution in [0.1, 0.15) is 6.92 Å². The zero-order valence-electron chi connectivity index (χ0n) is 15.1. The summed E-state index contributed by atoms with van der Waals surface area (Å²) in [7, 11) is -3.44. The molecule has 0 saturated heterocycles. The molecule has 0 radical (unpaired) electrons. The van der Waals surface area contributed by atoms with E-state index in [-0.39, 0.29) is 39.5 Å². The molecule has 0 saturated carbocycles. The minimum Gasteiger partial charge on any atom is -0.505 e. The number of hydrogen-bond donors (Lipinski definition) is 4. The van der Waals surface area contributed by atoms with Crippen molar-refractivity contribution in [2.24, 2.45) is 20.5 Å². The molecular weight excluding hydrogens is 430 g/mol. The number of azo groups is 2. The highest BCUT2D eigenvalue weighted by Gasteiger charge is 2.25. The molecule has 2 aromatic carbocycles. The van der Waals surface area contributed by atoms with E-state index in [0.29, 0.717) is 18.6 Å². The van der Waals surface area contributed by atoms with Crippen molar-refractivity contribution in [1.82, 2.24) is 0 Å². The van der Waals surface area contributed by atoms with E-state index in [1.807, 2.05) is 0 Å². The molecule has 0 atom stereocenters. The summed E-state index contributed by atoms with van der Waals surface area (Å²) >= 11 is 0.403. The zero-order chi connectivity index (χ0) is 21.6. The van der Waals surface area contributed by atoms with Crippen LogP contribution in [0.2, 0.25) is 0 Å². The third-order valence-electron chi connectivity index (χ3n) is 3.48. The molecule has 0 spiro atoms. The molecule has 0 aliphatic rings. The maximum atomic E-state index is 11.9. The number of aromatic hydroxyl groups is 1. The summed E-state index contributed by atoms with van der Waals surface area (Å²) in [4.78, 5) is -0.598. The molecule has 0 heterocycles. The first-order valence-electron chi connectivity index (χ1n) is 7.75. The zero-order valence-corrected chi connectivity index (χ0v) is 16.8. The normalized spacial score (nSPS) is 12.6. The van der Waals surface area contributed by atoms with Crippen LogP contribution in [0, 0.1) is 0 Å². The number of nitrogens with two attached hydrogens (primary N) is 1. The summed E-state index contributed by atoms with van der Waals surface area (Å²) in [5.74, 6) is -0.568. The number of fused-ring (bicyclic) bond motifs is 1. The van der Waals surface area contributed by atoms with E-state index in [1.54, 1.807) is 6.92 Å². The number of benzene rings is 2. The van der Waals surface area contributed by atoms with Gasteiger partial charge in [0.2, 0.25) is 0 Å². The first-order chi connectivity index (χ1) is 13.8. The monoisotopic (exact) mass is 447 g/mol. The minimum atomic E-state index is -4.77. The van der Waals surface area contributed by atoms with Gasteiger partial charge in [-0.25, -0.2) is 5.26 Å². The lowest BCUT2D eigenvalue weighted by Crippen LogP contribution is -2.02. The van der Waals surface area contributed by atoms with Crippen molar-refractivity contribution in [2.45, 2.75) is 16.7 Å². The molecule has 158 valence electrons. The fourth-order valence-electron chi connectivity index (χ4n) is 2.35. The van der Waals surface area contributed by atoms with Crippen molar-refractivity contribution in [2.75, 3.05) is 26.1 Å². The van der Waals surface area contributed by atoms with Crippen molar-refractivity contribution < 1.29 is 37.4 Å². The molecule has 0 unspecified atom stereocenters. The van der Waals surface area contributed by atoms with Gasteiger partial charge in [-0.3, -0.25) is 4.55 Å². The molecule has 13 nitrogen and oxygen atoms in total. The van der Waals surface area contributed by atoms with Gasteiger partial charge in [-0.05, 0) is 19.1 Å². The molecule has 29 heavy (non-hydrogen) atoms. The molecule has 2 aromatic rings. The van der Waals surface area contributed by atoms with Gasteiger partial charge in [0, 0.05) is 19.0 Å². The molecule has 0 fully saturated rings. The van der Waals surface area contributed by atoms with Gasteiger partial charge in [0.05, 0.1) is 28.0 Å². The van der Waals surface area contributed by atoms with Crippen LogP contribution in [0.15, 0.2) is 42.4 Å². The van der Waals surface area contributed by atoms with Crippen LogP contribution in [0.25, 0.3) is 10.8 Å². The van der Waals surface area contributed by atoms with Crippen LogP contribution in [0.4, 0.5) is 17.1 Å². The topological polar surface area (TPSA) is 198 Å². The average Bonchev–Trinajstić information content (AvgIpc) is 2.66. The Kier molecular flexibility index (Phi) is 7.80. The van der Waals surface area contributed by atoms with E-state index in [2.05, 4.69) is 29.8 Å². The standard InChI is InChI=1S/C14H17N5O8S2/c1-3-25-6-17-18-8-5-10(29(22,23)24)7-4-9(28-27-26-21)13(19-16-2)14(20)11(7)12(8)15/h4-5,20-21H,3,6,15H2,1-2H3,(H,22,23,24). The number of ether oxygens (including phenoxy) is 1. The lowest BCUT2D eigenvalue weighted by atomic mass is 10.0. The molecule has 0 bridgehead atoms.